The second-order valence-corrected chi connectivity index (χ2v) is 6.88. The molecule has 0 bridgehead atoms. The highest BCUT2D eigenvalue weighted by atomic mass is 15.3. The highest BCUT2D eigenvalue weighted by molar-refractivity contribution is 4.85. The summed E-state index contributed by atoms with van der Waals surface area (Å²) in [5.74, 6) is 0. The Morgan fingerprint density at radius 3 is 2.53 bits per heavy atom. The van der Waals surface area contributed by atoms with Crippen molar-refractivity contribution < 1.29 is 0 Å². The summed E-state index contributed by atoms with van der Waals surface area (Å²) in [7, 11) is 2.26. The molecule has 1 saturated heterocycles. The van der Waals surface area contributed by atoms with Crippen LogP contribution in [-0.2, 0) is 0 Å². The molecule has 0 aromatic heterocycles. The van der Waals surface area contributed by atoms with Crippen LogP contribution in [-0.4, -0.2) is 60.6 Å². The van der Waals surface area contributed by atoms with Crippen molar-refractivity contribution in [1.29, 1.82) is 0 Å². The minimum absolute atomic E-state index is 0.263. The maximum Gasteiger partial charge on any atom is 0.0223 e. The predicted octanol–water partition coefficient (Wildman–Crippen LogP) is 2.57. The summed E-state index contributed by atoms with van der Waals surface area (Å²) >= 11 is 0. The van der Waals surface area contributed by atoms with Crippen molar-refractivity contribution in [3.63, 3.8) is 0 Å². The zero-order chi connectivity index (χ0) is 14.5. The summed E-state index contributed by atoms with van der Waals surface area (Å²) in [5, 5.41) is 3.73. The number of likely N-dealkylation sites (N-methyl/N-ethyl adjacent to an activating group) is 1. The largest absolute Gasteiger partial charge is 0.310 e. The van der Waals surface area contributed by atoms with Gasteiger partial charge >= 0.3 is 0 Å². The third-order valence-corrected chi connectivity index (χ3v) is 4.74. The Bertz CT molecular complexity index is 252. The van der Waals surface area contributed by atoms with Gasteiger partial charge in [-0.3, -0.25) is 4.90 Å². The lowest BCUT2D eigenvalue weighted by Crippen LogP contribution is -2.51. The minimum Gasteiger partial charge on any atom is -0.310 e. The molecule has 0 spiro atoms. The van der Waals surface area contributed by atoms with Crippen LogP contribution in [0.3, 0.4) is 0 Å². The van der Waals surface area contributed by atoms with Crippen LogP contribution >= 0.6 is 0 Å². The highest BCUT2D eigenvalue weighted by Crippen LogP contribution is 2.16. The number of rotatable bonds is 6. The second-order valence-electron chi connectivity index (χ2n) is 6.88. The van der Waals surface area contributed by atoms with E-state index in [9.17, 15) is 0 Å². The van der Waals surface area contributed by atoms with Gasteiger partial charge in [0, 0.05) is 37.3 Å². The van der Waals surface area contributed by atoms with Gasteiger partial charge in [-0.05, 0) is 53.6 Å². The second kappa shape index (κ2) is 7.61. The van der Waals surface area contributed by atoms with E-state index < -0.39 is 0 Å². The van der Waals surface area contributed by atoms with Gasteiger partial charge in [0.25, 0.3) is 0 Å². The molecular formula is C16H35N3. The molecule has 19 heavy (non-hydrogen) atoms. The van der Waals surface area contributed by atoms with E-state index in [0.29, 0.717) is 12.1 Å². The molecule has 2 atom stereocenters. The average molecular weight is 269 g/mol. The standard InChI is InChI=1S/C16H35N3/c1-7-15-13-18(6)10-9-11-19(15)14(3)12-17-16(4,5)8-2/h14-15,17H,7-13H2,1-6H3. The van der Waals surface area contributed by atoms with Gasteiger partial charge in [-0.15, -0.1) is 0 Å². The monoisotopic (exact) mass is 269 g/mol. The zero-order valence-corrected chi connectivity index (χ0v) is 14.0. The normalized spacial score (nSPS) is 25.3. The molecular weight excluding hydrogens is 234 g/mol. The van der Waals surface area contributed by atoms with Crippen LogP contribution in [0.25, 0.3) is 0 Å². The molecule has 2 unspecified atom stereocenters. The van der Waals surface area contributed by atoms with E-state index >= 15 is 0 Å². The van der Waals surface area contributed by atoms with Gasteiger partial charge in [-0.1, -0.05) is 13.8 Å². The summed E-state index contributed by atoms with van der Waals surface area (Å²) in [6.45, 7) is 16.4. The fourth-order valence-corrected chi connectivity index (χ4v) is 2.87. The first kappa shape index (κ1) is 16.9. The number of hydrogen-bond donors (Lipinski definition) is 1. The third kappa shape index (κ3) is 5.41. The highest BCUT2D eigenvalue weighted by Gasteiger charge is 2.26. The molecule has 114 valence electrons. The smallest absolute Gasteiger partial charge is 0.0223 e. The molecule has 1 aliphatic heterocycles. The molecule has 0 radical (unpaired) electrons. The summed E-state index contributed by atoms with van der Waals surface area (Å²) in [5.41, 5.74) is 0.263. The SMILES string of the molecule is CCC1CN(C)CCCN1C(C)CNC(C)(C)CC. The summed E-state index contributed by atoms with van der Waals surface area (Å²) in [4.78, 5) is 5.21. The average Bonchev–Trinajstić information content (AvgIpc) is 2.57. The Balaban J connectivity index is 2.55. The molecule has 1 rings (SSSR count). The van der Waals surface area contributed by atoms with Gasteiger partial charge in [-0.25, -0.2) is 0 Å². The lowest BCUT2D eigenvalue weighted by Gasteiger charge is -2.37. The Morgan fingerprint density at radius 1 is 1.26 bits per heavy atom. The van der Waals surface area contributed by atoms with E-state index in [2.05, 4.69) is 56.8 Å². The van der Waals surface area contributed by atoms with E-state index in [4.69, 9.17) is 0 Å². The van der Waals surface area contributed by atoms with Crippen molar-refractivity contribution in [2.24, 2.45) is 0 Å². The van der Waals surface area contributed by atoms with Gasteiger partial charge in [0.1, 0.15) is 0 Å². The molecule has 0 aliphatic carbocycles. The van der Waals surface area contributed by atoms with Crippen LogP contribution in [0, 0.1) is 0 Å². The van der Waals surface area contributed by atoms with Crippen LogP contribution < -0.4 is 5.32 Å². The van der Waals surface area contributed by atoms with Crippen LogP contribution in [0.4, 0.5) is 0 Å². The van der Waals surface area contributed by atoms with Crippen LogP contribution in [0.5, 0.6) is 0 Å². The molecule has 3 heteroatoms. The number of hydrogen-bond acceptors (Lipinski definition) is 3. The Kier molecular flexibility index (Phi) is 6.78. The summed E-state index contributed by atoms with van der Waals surface area (Å²) in [6, 6.07) is 1.34. The first-order valence-corrected chi connectivity index (χ1v) is 8.09. The summed E-state index contributed by atoms with van der Waals surface area (Å²) < 4.78 is 0. The molecule has 3 nitrogen and oxygen atoms in total. The molecule has 0 aromatic carbocycles. The quantitative estimate of drug-likeness (QED) is 0.799. The van der Waals surface area contributed by atoms with Gasteiger partial charge in [0.05, 0.1) is 0 Å². The van der Waals surface area contributed by atoms with Crippen molar-refractivity contribution in [2.45, 2.75) is 71.5 Å². The van der Waals surface area contributed by atoms with Crippen molar-refractivity contribution in [1.82, 2.24) is 15.1 Å². The Labute approximate surface area is 120 Å². The van der Waals surface area contributed by atoms with Crippen molar-refractivity contribution >= 4 is 0 Å². The molecule has 1 fully saturated rings. The third-order valence-electron chi connectivity index (χ3n) is 4.74. The molecule has 1 aliphatic rings. The van der Waals surface area contributed by atoms with Gasteiger partial charge in [-0.2, -0.15) is 0 Å². The Morgan fingerprint density at radius 2 is 1.95 bits per heavy atom. The minimum atomic E-state index is 0.263. The molecule has 0 saturated carbocycles. The van der Waals surface area contributed by atoms with Gasteiger partial charge < -0.3 is 10.2 Å². The number of nitrogens with zero attached hydrogens (tertiary/aromatic N) is 2. The van der Waals surface area contributed by atoms with Crippen molar-refractivity contribution in [3.05, 3.63) is 0 Å². The van der Waals surface area contributed by atoms with E-state index in [1.54, 1.807) is 0 Å². The van der Waals surface area contributed by atoms with E-state index in [-0.39, 0.29) is 5.54 Å². The maximum absolute atomic E-state index is 3.73. The summed E-state index contributed by atoms with van der Waals surface area (Å²) in [6.07, 6.45) is 3.74. The maximum atomic E-state index is 3.73. The number of nitrogens with one attached hydrogen (secondary N) is 1. The van der Waals surface area contributed by atoms with E-state index in [1.807, 2.05) is 0 Å². The fourth-order valence-electron chi connectivity index (χ4n) is 2.87. The first-order chi connectivity index (χ1) is 8.89. The van der Waals surface area contributed by atoms with Crippen molar-refractivity contribution in [2.75, 3.05) is 33.2 Å². The molecule has 1 N–H and O–H groups in total. The first-order valence-electron chi connectivity index (χ1n) is 8.09. The van der Waals surface area contributed by atoms with E-state index in [1.165, 1.54) is 38.9 Å². The predicted molar refractivity (Wildman–Crippen MR) is 84.7 cm³/mol. The lowest BCUT2D eigenvalue weighted by atomic mass is 10.0. The van der Waals surface area contributed by atoms with Crippen LogP contribution in [0.1, 0.15) is 53.9 Å². The molecule has 1 heterocycles. The zero-order valence-electron chi connectivity index (χ0n) is 14.0. The van der Waals surface area contributed by atoms with Gasteiger partial charge in [0.2, 0.25) is 0 Å². The Hall–Kier alpha value is -0.120. The fraction of sp³-hybridized carbons (Fsp3) is 1.00. The lowest BCUT2D eigenvalue weighted by molar-refractivity contribution is 0.129. The van der Waals surface area contributed by atoms with Crippen LogP contribution in [0.2, 0.25) is 0 Å². The molecule has 0 aromatic rings. The van der Waals surface area contributed by atoms with Crippen LogP contribution in [0.15, 0.2) is 0 Å². The topological polar surface area (TPSA) is 18.5 Å². The van der Waals surface area contributed by atoms with Gasteiger partial charge in [0.15, 0.2) is 0 Å². The molecule has 0 amide bonds. The van der Waals surface area contributed by atoms with Crippen molar-refractivity contribution in [3.8, 4) is 0 Å². The van der Waals surface area contributed by atoms with E-state index in [0.717, 1.165) is 6.54 Å².